The van der Waals surface area contributed by atoms with E-state index in [4.69, 9.17) is 5.11 Å². The summed E-state index contributed by atoms with van der Waals surface area (Å²) in [5.41, 5.74) is 2.60. The van der Waals surface area contributed by atoms with Crippen molar-refractivity contribution in [1.82, 2.24) is 0 Å². The van der Waals surface area contributed by atoms with E-state index in [1.807, 2.05) is 39.0 Å². The molecule has 0 heterocycles. The highest BCUT2D eigenvalue weighted by Gasteiger charge is 2.06. The van der Waals surface area contributed by atoms with Crippen LogP contribution < -0.4 is 5.32 Å². The first-order chi connectivity index (χ1) is 8.52. The van der Waals surface area contributed by atoms with Crippen LogP contribution in [-0.2, 0) is 4.79 Å². The quantitative estimate of drug-likeness (QED) is 0.803. The SMILES string of the molecule is Cc1ccc(NC(=O)CC(C)C)cc1C#CCO. The Labute approximate surface area is 108 Å². The standard InChI is InChI=1S/C15H19NO2/c1-11(2)9-15(18)16-14-7-6-12(3)13(10-14)5-4-8-17/h6-7,10-11,17H,8-9H2,1-3H3,(H,16,18). The van der Waals surface area contributed by atoms with Gasteiger partial charge in [0.1, 0.15) is 6.61 Å². The first-order valence-electron chi connectivity index (χ1n) is 6.03. The number of hydrogen-bond acceptors (Lipinski definition) is 2. The Morgan fingerprint density at radius 3 is 2.78 bits per heavy atom. The Hall–Kier alpha value is -1.79. The van der Waals surface area contributed by atoms with Crippen molar-refractivity contribution in [2.45, 2.75) is 27.2 Å². The number of anilines is 1. The number of hydrogen-bond donors (Lipinski definition) is 2. The van der Waals surface area contributed by atoms with Gasteiger partial charge in [-0.15, -0.1) is 0 Å². The lowest BCUT2D eigenvalue weighted by Crippen LogP contribution is -2.13. The molecule has 1 aromatic carbocycles. The minimum absolute atomic E-state index is 0.00919. The molecule has 1 aromatic rings. The van der Waals surface area contributed by atoms with Gasteiger partial charge >= 0.3 is 0 Å². The molecule has 0 bridgehead atoms. The van der Waals surface area contributed by atoms with Gasteiger partial charge < -0.3 is 10.4 Å². The minimum Gasteiger partial charge on any atom is -0.384 e. The molecule has 2 N–H and O–H groups in total. The number of benzene rings is 1. The van der Waals surface area contributed by atoms with Gasteiger partial charge in [0.2, 0.25) is 5.91 Å². The topological polar surface area (TPSA) is 49.3 Å². The van der Waals surface area contributed by atoms with Crippen LogP contribution in [0.1, 0.15) is 31.4 Å². The van der Waals surface area contributed by atoms with Gasteiger partial charge in [0.25, 0.3) is 0 Å². The molecule has 1 amide bonds. The lowest BCUT2D eigenvalue weighted by atomic mass is 10.1. The lowest BCUT2D eigenvalue weighted by Gasteiger charge is -2.08. The summed E-state index contributed by atoms with van der Waals surface area (Å²) in [5.74, 6) is 5.82. The first-order valence-corrected chi connectivity index (χ1v) is 6.03. The van der Waals surface area contributed by atoms with Crippen molar-refractivity contribution >= 4 is 11.6 Å². The van der Waals surface area contributed by atoms with Gasteiger partial charge in [-0.1, -0.05) is 31.8 Å². The fourth-order valence-corrected chi connectivity index (χ4v) is 1.55. The zero-order valence-electron chi connectivity index (χ0n) is 11.1. The van der Waals surface area contributed by atoms with E-state index in [9.17, 15) is 4.79 Å². The van der Waals surface area contributed by atoms with Gasteiger partial charge in [-0.3, -0.25) is 4.79 Å². The van der Waals surface area contributed by atoms with Crippen LogP contribution in [0.5, 0.6) is 0 Å². The van der Waals surface area contributed by atoms with Crippen LogP contribution in [0.15, 0.2) is 18.2 Å². The molecule has 0 unspecified atom stereocenters. The second kappa shape index (κ2) is 6.83. The summed E-state index contributed by atoms with van der Waals surface area (Å²) in [4.78, 5) is 11.6. The van der Waals surface area contributed by atoms with Crippen LogP contribution in [0.2, 0.25) is 0 Å². The molecule has 0 saturated heterocycles. The number of aliphatic hydroxyl groups excluding tert-OH is 1. The summed E-state index contributed by atoms with van der Waals surface area (Å²) in [7, 11) is 0. The van der Waals surface area contributed by atoms with Crippen LogP contribution >= 0.6 is 0 Å². The zero-order chi connectivity index (χ0) is 13.5. The van der Waals surface area contributed by atoms with Crippen molar-refractivity contribution in [3.05, 3.63) is 29.3 Å². The predicted octanol–water partition coefficient (Wildman–Crippen LogP) is 2.32. The summed E-state index contributed by atoms with van der Waals surface area (Å²) in [5, 5.41) is 11.5. The second-order valence-corrected chi connectivity index (χ2v) is 4.64. The van der Waals surface area contributed by atoms with E-state index in [0.717, 1.165) is 16.8 Å². The van der Waals surface area contributed by atoms with Gasteiger partial charge in [-0.05, 0) is 30.5 Å². The smallest absolute Gasteiger partial charge is 0.224 e. The normalized spacial score (nSPS) is 9.83. The molecular weight excluding hydrogens is 226 g/mol. The molecule has 0 atom stereocenters. The van der Waals surface area contributed by atoms with Crippen molar-refractivity contribution < 1.29 is 9.90 Å². The zero-order valence-corrected chi connectivity index (χ0v) is 11.1. The van der Waals surface area contributed by atoms with E-state index < -0.39 is 0 Å². The molecule has 3 heteroatoms. The average Bonchev–Trinajstić information content (AvgIpc) is 2.28. The third kappa shape index (κ3) is 4.60. The van der Waals surface area contributed by atoms with Gasteiger partial charge in [0.05, 0.1) is 0 Å². The summed E-state index contributed by atoms with van der Waals surface area (Å²) < 4.78 is 0. The van der Waals surface area contributed by atoms with Crippen LogP contribution in [-0.4, -0.2) is 17.6 Å². The van der Waals surface area contributed by atoms with Crippen LogP contribution in [0.25, 0.3) is 0 Å². The third-order valence-corrected chi connectivity index (χ3v) is 2.42. The maximum Gasteiger partial charge on any atom is 0.224 e. The van der Waals surface area contributed by atoms with Gasteiger partial charge in [-0.2, -0.15) is 0 Å². The predicted molar refractivity (Wildman–Crippen MR) is 73.2 cm³/mol. The lowest BCUT2D eigenvalue weighted by molar-refractivity contribution is -0.116. The number of carbonyl (C=O) groups excluding carboxylic acids is 1. The minimum atomic E-state index is -0.163. The Bertz CT molecular complexity index is 481. The monoisotopic (exact) mass is 245 g/mol. The highest BCUT2D eigenvalue weighted by molar-refractivity contribution is 5.91. The Kier molecular flexibility index (Phi) is 5.41. The van der Waals surface area contributed by atoms with E-state index in [2.05, 4.69) is 17.2 Å². The average molecular weight is 245 g/mol. The third-order valence-electron chi connectivity index (χ3n) is 2.42. The van der Waals surface area contributed by atoms with Crippen molar-refractivity contribution in [3.8, 4) is 11.8 Å². The number of rotatable bonds is 3. The molecule has 3 nitrogen and oxygen atoms in total. The molecule has 0 aliphatic carbocycles. The largest absolute Gasteiger partial charge is 0.384 e. The van der Waals surface area contributed by atoms with Crippen molar-refractivity contribution in [1.29, 1.82) is 0 Å². The van der Waals surface area contributed by atoms with E-state index in [1.165, 1.54) is 0 Å². The van der Waals surface area contributed by atoms with Crippen molar-refractivity contribution in [2.24, 2.45) is 5.92 Å². The molecule has 1 rings (SSSR count). The fourth-order valence-electron chi connectivity index (χ4n) is 1.55. The summed E-state index contributed by atoms with van der Waals surface area (Å²) in [6.45, 7) is 5.80. The van der Waals surface area contributed by atoms with Crippen LogP contribution in [0.4, 0.5) is 5.69 Å². The maximum atomic E-state index is 11.6. The number of aliphatic hydroxyl groups is 1. The van der Waals surface area contributed by atoms with Crippen LogP contribution in [0.3, 0.4) is 0 Å². The van der Waals surface area contributed by atoms with E-state index in [0.29, 0.717) is 12.3 Å². The molecule has 96 valence electrons. The fraction of sp³-hybridized carbons (Fsp3) is 0.400. The van der Waals surface area contributed by atoms with Crippen molar-refractivity contribution in [2.75, 3.05) is 11.9 Å². The highest BCUT2D eigenvalue weighted by Crippen LogP contribution is 2.15. The highest BCUT2D eigenvalue weighted by atomic mass is 16.2. The summed E-state index contributed by atoms with van der Waals surface area (Å²) >= 11 is 0. The van der Waals surface area contributed by atoms with E-state index in [-0.39, 0.29) is 12.5 Å². The molecule has 0 radical (unpaired) electrons. The van der Waals surface area contributed by atoms with Gasteiger partial charge in [0.15, 0.2) is 0 Å². The number of amides is 1. The Morgan fingerprint density at radius 2 is 2.17 bits per heavy atom. The van der Waals surface area contributed by atoms with Crippen molar-refractivity contribution in [3.63, 3.8) is 0 Å². The number of aryl methyl sites for hydroxylation is 1. The second-order valence-electron chi connectivity index (χ2n) is 4.64. The molecule has 0 aliphatic rings. The van der Waals surface area contributed by atoms with Gasteiger partial charge in [-0.25, -0.2) is 0 Å². The Balaban J connectivity index is 2.82. The molecule has 0 aromatic heterocycles. The summed E-state index contributed by atoms with van der Waals surface area (Å²) in [6, 6.07) is 5.60. The molecule has 18 heavy (non-hydrogen) atoms. The number of nitrogens with one attached hydrogen (secondary N) is 1. The van der Waals surface area contributed by atoms with E-state index >= 15 is 0 Å². The summed E-state index contributed by atoms with van der Waals surface area (Å²) in [6.07, 6.45) is 0.505. The first kappa shape index (κ1) is 14.3. The molecule has 0 spiro atoms. The van der Waals surface area contributed by atoms with Gasteiger partial charge in [0, 0.05) is 17.7 Å². The van der Waals surface area contributed by atoms with E-state index in [1.54, 1.807) is 0 Å². The molecular formula is C15H19NO2. The maximum absolute atomic E-state index is 11.6. The molecule has 0 aliphatic heterocycles. The Morgan fingerprint density at radius 1 is 1.44 bits per heavy atom. The molecule has 0 fully saturated rings. The number of carbonyl (C=O) groups is 1. The molecule has 0 saturated carbocycles. The van der Waals surface area contributed by atoms with Crippen LogP contribution in [0, 0.1) is 24.7 Å².